The summed E-state index contributed by atoms with van der Waals surface area (Å²) in [6.45, 7) is 8.97. The number of piperidine rings is 1. The van der Waals surface area contributed by atoms with Gasteiger partial charge < -0.3 is 10.2 Å². The Morgan fingerprint density at radius 2 is 1.91 bits per heavy atom. The Bertz CT molecular complexity index is 1110. The number of benzene rings is 2. The highest BCUT2D eigenvalue weighted by atomic mass is 32.2. The molecular formula is C25H31N3O4S. The fraction of sp³-hybridized carbons (Fsp3) is 0.360. The summed E-state index contributed by atoms with van der Waals surface area (Å²) in [6, 6.07) is 13.2. The number of anilines is 1. The van der Waals surface area contributed by atoms with E-state index in [9.17, 15) is 18.0 Å². The van der Waals surface area contributed by atoms with E-state index >= 15 is 0 Å². The molecule has 0 aliphatic carbocycles. The van der Waals surface area contributed by atoms with Crippen molar-refractivity contribution in [1.82, 2.24) is 10.2 Å². The van der Waals surface area contributed by atoms with Gasteiger partial charge in [-0.25, -0.2) is 8.42 Å². The van der Waals surface area contributed by atoms with E-state index in [1.807, 2.05) is 13.8 Å². The van der Waals surface area contributed by atoms with E-state index in [0.29, 0.717) is 36.8 Å². The summed E-state index contributed by atoms with van der Waals surface area (Å²) in [7, 11) is -3.79. The highest BCUT2D eigenvalue weighted by Gasteiger charge is 2.29. The fourth-order valence-corrected chi connectivity index (χ4v) is 4.89. The molecule has 0 spiro atoms. The van der Waals surface area contributed by atoms with Gasteiger partial charge in [0, 0.05) is 30.9 Å². The molecule has 1 atom stereocenters. The van der Waals surface area contributed by atoms with Crippen LogP contribution in [0.2, 0.25) is 0 Å². The van der Waals surface area contributed by atoms with Gasteiger partial charge in [0.1, 0.15) is 0 Å². The molecule has 3 rings (SSSR count). The number of carbonyl (C=O) groups excluding carboxylic acids is 2. The molecule has 2 amide bonds. The molecule has 33 heavy (non-hydrogen) atoms. The zero-order chi connectivity index (χ0) is 24.0. The van der Waals surface area contributed by atoms with Crippen LogP contribution >= 0.6 is 0 Å². The Balaban J connectivity index is 1.71. The summed E-state index contributed by atoms with van der Waals surface area (Å²) < 4.78 is 28.2. The molecule has 0 radical (unpaired) electrons. The van der Waals surface area contributed by atoms with Crippen LogP contribution in [-0.4, -0.2) is 44.8 Å². The maximum atomic E-state index is 13.1. The van der Waals surface area contributed by atoms with E-state index in [1.165, 1.54) is 6.07 Å². The number of nitrogens with zero attached hydrogens (tertiary/aromatic N) is 1. The summed E-state index contributed by atoms with van der Waals surface area (Å²) in [5.41, 5.74) is 1.74. The second-order valence-electron chi connectivity index (χ2n) is 8.53. The van der Waals surface area contributed by atoms with Crippen molar-refractivity contribution in [1.29, 1.82) is 0 Å². The van der Waals surface area contributed by atoms with Crippen LogP contribution in [0.25, 0.3) is 0 Å². The molecule has 0 bridgehead atoms. The largest absolute Gasteiger partial charge is 0.352 e. The van der Waals surface area contributed by atoms with Crippen LogP contribution in [0.1, 0.15) is 48.5 Å². The van der Waals surface area contributed by atoms with E-state index in [-0.39, 0.29) is 22.6 Å². The molecule has 1 heterocycles. The number of nitrogens with one attached hydrogen (secondary N) is 2. The first kappa shape index (κ1) is 24.5. The highest BCUT2D eigenvalue weighted by molar-refractivity contribution is 7.92. The van der Waals surface area contributed by atoms with Crippen molar-refractivity contribution in [3.05, 3.63) is 72.3 Å². The van der Waals surface area contributed by atoms with Gasteiger partial charge in [-0.2, -0.15) is 0 Å². The van der Waals surface area contributed by atoms with Crippen LogP contribution in [0, 0.1) is 5.92 Å². The van der Waals surface area contributed by atoms with E-state index in [0.717, 1.165) is 18.4 Å². The third kappa shape index (κ3) is 6.22. The van der Waals surface area contributed by atoms with Crippen molar-refractivity contribution in [2.45, 2.75) is 37.5 Å². The second-order valence-corrected chi connectivity index (χ2v) is 10.2. The number of amides is 2. The van der Waals surface area contributed by atoms with Gasteiger partial charge in [0.25, 0.3) is 15.9 Å². The van der Waals surface area contributed by atoms with E-state index in [1.54, 1.807) is 53.4 Å². The van der Waals surface area contributed by atoms with E-state index in [2.05, 4.69) is 16.6 Å². The zero-order valence-electron chi connectivity index (χ0n) is 19.1. The molecule has 1 aliphatic heterocycles. The normalized spacial score (nSPS) is 16.3. The number of likely N-dealkylation sites (tertiary alicyclic amines) is 1. The smallest absolute Gasteiger partial charge is 0.261 e. The Labute approximate surface area is 195 Å². The van der Waals surface area contributed by atoms with Crippen molar-refractivity contribution in [2.24, 2.45) is 5.92 Å². The molecule has 1 aliphatic rings. The SMILES string of the molecule is C=CCNC(=O)[C@@H]1CCCN(C(=O)c2cccc(NS(=O)(=O)c3ccc(C(C)C)cc3)c2)C1. The van der Waals surface area contributed by atoms with Gasteiger partial charge >= 0.3 is 0 Å². The molecule has 2 N–H and O–H groups in total. The first-order valence-corrected chi connectivity index (χ1v) is 12.6. The van der Waals surface area contributed by atoms with Crippen molar-refractivity contribution in [3.63, 3.8) is 0 Å². The molecule has 1 fully saturated rings. The van der Waals surface area contributed by atoms with E-state index < -0.39 is 10.0 Å². The summed E-state index contributed by atoms with van der Waals surface area (Å²) in [6.07, 6.45) is 3.08. The fourth-order valence-electron chi connectivity index (χ4n) is 3.84. The van der Waals surface area contributed by atoms with Gasteiger partial charge in [-0.05, 0) is 54.7 Å². The number of hydrogen-bond acceptors (Lipinski definition) is 4. The van der Waals surface area contributed by atoms with Gasteiger partial charge in [0.15, 0.2) is 0 Å². The lowest BCUT2D eigenvalue weighted by atomic mass is 9.96. The number of carbonyl (C=O) groups is 2. The molecule has 0 unspecified atom stereocenters. The first-order chi connectivity index (χ1) is 15.7. The zero-order valence-corrected chi connectivity index (χ0v) is 19.9. The Kier molecular flexibility index (Phi) is 7.92. The second kappa shape index (κ2) is 10.7. The van der Waals surface area contributed by atoms with Gasteiger partial charge in [-0.3, -0.25) is 14.3 Å². The molecular weight excluding hydrogens is 438 g/mol. The molecule has 1 saturated heterocycles. The Morgan fingerprint density at radius 1 is 1.18 bits per heavy atom. The third-order valence-electron chi connectivity index (χ3n) is 5.72. The van der Waals surface area contributed by atoms with Gasteiger partial charge in [0.2, 0.25) is 5.91 Å². The summed E-state index contributed by atoms with van der Waals surface area (Å²) in [5.74, 6) is -0.269. The standard InChI is InChI=1S/C25H31N3O4S/c1-4-14-26-24(29)21-8-6-15-28(17-21)25(30)20-7-5-9-22(16-20)27-33(31,32)23-12-10-19(11-13-23)18(2)3/h4-5,7,9-13,16,18,21,27H,1,6,8,14-15,17H2,2-3H3,(H,26,29)/t21-/m1/s1. The maximum Gasteiger partial charge on any atom is 0.261 e. The Morgan fingerprint density at radius 3 is 2.58 bits per heavy atom. The average molecular weight is 470 g/mol. The topological polar surface area (TPSA) is 95.6 Å². The monoisotopic (exact) mass is 469 g/mol. The quantitative estimate of drug-likeness (QED) is 0.576. The van der Waals surface area contributed by atoms with Crippen molar-refractivity contribution in [2.75, 3.05) is 24.4 Å². The molecule has 2 aromatic rings. The van der Waals surface area contributed by atoms with Crippen LogP contribution in [-0.2, 0) is 14.8 Å². The summed E-state index contributed by atoms with van der Waals surface area (Å²) >= 11 is 0. The van der Waals surface area contributed by atoms with Gasteiger partial charge in [0.05, 0.1) is 10.8 Å². The van der Waals surface area contributed by atoms with Crippen LogP contribution in [0.4, 0.5) is 5.69 Å². The molecule has 0 aromatic heterocycles. The first-order valence-electron chi connectivity index (χ1n) is 11.1. The lowest BCUT2D eigenvalue weighted by Crippen LogP contribution is -2.45. The summed E-state index contributed by atoms with van der Waals surface area (Å²) in [5, 5.41) is 2.79. The van der Waals surface area contributed by atoms with Crippen molar-refractivity contribution in [3.8, 4) is 0 Å². The predicted octanol–water partition coefficient (Wildman–Crippen LogP) is 3.77. The molecule has 8 heteroatoms. The summed E-state index contributed by atoms with van der Waals surface area (Å²) in [4.78, 5) is 27.2. The van der Waals surface area contributed by atoms with Crippen LogP contribution < -0.4 is 10.0 Å². The van der Waals surface area contributed by atoms with Crippen LogP contribution in [0.3, 0.4) is 0 Å². The van der Waals surface area contributed by atoms with Crippen LogP contribution in [0.5, 0.6) is 0 Å². The predicted molar refractivity (Wildman–Crippen MR) is 130 cm³/mol. The van der Waals surface area contributed by atoms with Gasteiger partial charge in [-0.1, -0.05) is 38.1 Å². The average Bonchev–Trinajstić information content (AvgIpc) is 2.82. The third-order valence-corrected chi connectivity index (χ3v) is 7.12. The number of sulfonamides is 1. The highest BCUT2D eigenvalue weighted by Crippen LogP contribution is 2.23. The van der Waals surface area contributed by atoms with Crippen molar-refractivity contribution < 1.29 is 18.0 Å². The van der Waals surface area contributed by atoms with Crippen molar-refractivity contribution >= 4 is 27.5 Å². The maximum absolute atomic E-state index is 13.1. The minimum Gasteiger partial charge on any atom is -0.352 e. The minimum absolute atomic E-state index is 0.0857. The van der Waals surface area contributed by atoms with Gasteiger partial charge in [-0.15, -0.1) is 6.58 Å². The Hall–Kier alpha value is -3.13. The number of hydrogen-bond donors (Lipinski definition) is 2. The molecule has 7 nitrogen and oxygen atoms in total. The lowest BCUT2D eigenvalue weighted by molar-refractivity contribution is -0.126. The minimum atomic E-state index is -3.79. The molecule has 0 saturated carbocycles. The number of rotatable bonds is 8. The van der Waals surface area contributed by atoms with E-state index in [4.69, 9.17) is 0 Å². The van der Waals surface area contributed by atoms with Crippen LogP contribution in [0.15, 0.2) is 66.1 Å². The molecule has 176 valence electrons. The lowest BCUT2D eigenvalue weighted by Gasteiger charge is -2.32. The molecule has 2 aromatic carbocycles.